The Hall–Kier alpha value is -2.30. The number of phosphoric ester groups is 1. The minimum Gasteiger partial charge on any atom is -0.480 e. The van der Waals surface area contributed by atoms with Crippen molar-refractivity contribution in [3.8, 4) is 0 Å². The smallest absolute Gasteiger partial charge is 0.472 e. The fourth-order valence-electron chi connectivity index (χ4n) is 6.96. The minimum absolute atomic E-state index is 0.137. The van der Waals surface area contributed by atoms with Crippen molar-refractivity contribution in [2.45, 2.75) is 244 Å². The van der Waals surface area contributed by atoms with E-state index in [9.17, 15) is 23.8 Å². The molecule has 0 aromatic rings. The van der Waals surface area contributed by atoms with Crippen molar-refractivity contribution in [1.82, 2.24) is 0 Å². The number of carbonyl (C=O) groups excluding carboxylic acids is 2. The van der Waals surface area contributed by atoms with E-state index in [1.54, 1.807) is 0 Å². The molecule has 0 saturated heterocycles. The lowest BCUT2D eigenvalue weighted by molar-refractivity contribution is -0.161. The molecule has 62 heavy (non-hydrogen) atoms. The number of unbranched alkanes of at least 4 members (excludes halogenated alkanes) is 27. The Morgan fingerprint density at radius 3 is 1.31 bits per heavy atom. The molecule has 3 atom stereocenters. The normalized spacial score (nSPS) is 13.9. The molecule has 0 fully saturated rings. The number of carbonyl (C=O) groups is 3. The number of aliphatic carboxylic acids is 1. The van der Waals surface area contributed by atoms with Gasteiger partial charge in [-0.1, -0.05) is 204 Å². The Labute approximate surface area is 378 Å². The molecule has 0 spiro atoms. The van der Waals surface area contributed by atoms with E-state index >= 15 is 0 Å². The predicted molar refractivity (Wildman–Crippen MR) is 254 cm³/mol. The van der Waals surface area contributed by atoms with Gasteiger partial charge in [0.2, 0.25) is 0 Å². The average molecular weight is 898 g/mol. The summed E-state index contributed by atoms with van der Waals surface area (Å²) in [4.78, 5) is 46.1. The molecule has 12 heteroatoms. The number of ether oxygens (including phenoxy) is 2. The second-order valence-electron chi connectivity index (χ2n) is 17.0. The largest absolute Gasteiger partial charge is 0.480 e. The zero-order valence-corrected chi connectivity index (χ0v) is 40.4. The molecule has 11 nitrogen and oxygen atoms in total. The van der Waals surface area contributed by atoms with Gasteiger partial charge in [0.15, 0.2) is 6.10 Å². The van der Waals surface area contributed by atoms with Gasteiger partial charge in [-0.15, -0.1) is 0 Å². The van der Waals surface area contributed by atoms with Gasteiger partial charge in [-0.05, 0) is 51.4 Å². The highest BCUT2D eigenvalue weighted by molar-refractivity contribution is 7.47. The van der Waals surface area contributed by atoms with Crippen LogP contribution in [-0.2, 0) is 37.5 Å². The Morgan fingerprint density at radius 2 is 0.855 bits per heavy atom. The van der Waals surface area contributed by atoms with E-state index in [1.807, 2.05) is 0 Å². The third-order valence-corrected chi connectivity index (χ3v) is 11.8. The number of esters is 2. The first-order chi connectivity index (χ1) is 30.1. The van der Waals surface area contributed by atoms with Crippen LogP contribution in [0.1, 0.15) is 232 Å². The Morgan fingerprint density at radius 1 is 0.500 bits per heavy atom. The maximum atomic E-state index is 12.7. The highest BCUT2D eigenvalue weighted by Gasteiger charge is 2.28. The van der Waals surface area contributed by atoms with Gasteiger partial charge in [0, 0.05) is 12.8 Å². The summed E-state index contributed by atoms with van der Waals surface area (Å²) in [5.74, 6) is -2.39. The summed E-state index contributed by atoms with van der Waals surface area (Å²) in [7, 11) is -4.73. The highest BCUT2D eigenvalue weighted by atomic mass is 31.2. The van der Waals surface area contributed by atoms with Crippen LogP contribution < -0.4 is 5.73 Å². The van der Waals surface area contributed by atoms with Gasteiger partial charge in [0.25, 0.3) is 0 Å². The molecular formula is C50H92NO10P. The third kappa shape index (κ3) is 44.3. The van der Waals surface area contributed by atoms with Gasteiger partial charge in [0.05, 0.1) is 13.2 Å². The molecule has 0 amide bonds. The molecule has 0 aromatic heterocycles. The first kappa shape index (κ1) is 59.7. The number of phosphoric acid groups is 1. The summed E-state index contributed by atoms with van der Waals surface area (Å²) in [6, 6.07) is -1.52. The third-order valence-electron chi connectivity index (χ3n) is 10.9. The van der Waals surface area contributed by atoms with Crippen molar-refractivity contribution in [1.29, 1.82) is 0 Å². The van der Waals surface area contributed by atoms with Crippen molar-refractivity contribution in [2.24, 2.45) is 5.73 Å². The molecule has 362 valence electrons. The van der Waals surface area contributed by atoms with Crippen molar-refractivity contribution in [3.05, 3.63) is 36.5 Å². The van der Waals surface area contributed by atoms with Crippen LogP contribution in [0.4, 0.5) is 0 Å². The lowest BCUT2D eigenvalue weighted by Crippen LogP contribution is -2.34. The molecule has 4 N–H and O–H groups in total. The standard InChI is InChI=1S/C50H92NO10P/c1-3-5-7-9-11-13-15-17-19-21-22-23-24-26-27-29-31-33-35-37-39-41-48(52)58-43-46(44-59-62(56,57)60-45-47(51)50(54)55)61-49(53)42-40-38-36-34-32-30-28-25-20-18-16-14-12-10-8-6-4-2/h12,14,18,20,28,30,46-47H,3-11,13,15-17,19,21-27,29,31-45,51H2,1-2H3,(H,54,55)(H,56,57)/b14-12-,20-18-,30-28-/t46-,47+/m1/s1. The summed E-state index contributed by atoms with van der Waals surface area (Å²) in [6.45, 7) is 2.79. The first-order valence-corrected chi connectivity index (χ1v) is 26.5. The van der Waals surface area contributed by atoms with Crippen molar-refractivity contribution < 1.29 is 47.5 Å². The SMILES string of the molecule is CCCCC/C=C\C/C=C\C/C=C\CCCCCCC(=O)O[C@H](COC(=O)CCCCCCCCCCCCCCCCCCCCCCC)COP(=O)(O)OC[C@H](N)C(=O)O. The van der Waals surface area contributed by atoms with Crippen LogP contribution in [0.2, 0.25) is 0 Å². The quantitative estimate of drug-likeness (QED) is 0.0230. The van der Waals surface area contributed by atoms with Gasteiger partial charge in [0.1, 0.15) is 12.6 Å². The van der Waals surface area contributed by atoms with Gasteiger partial charge < -0.3 is 25.2 Å². The Bertz CT molecular complexity index is 1190. The molecule has 0 bridgehead atoms. The zero-order chi connectivity index (χ0) is 45.6. The average Bonchev–Trinajstić information content (AvgIpc) is 3.25. The van der Waals surface area contributed by atoms with Crippen LogP contribution in [0.15, 0.2) is 36.5 Å². The summed E-state index contributed by atoms with van der Waals surface area (Å²) in [6.07, 6.45) is 50.6. The molecule has 0 saturated carbocycles. The van der Waals surface area contributed by atoms with Crippen LogP contribution in [0.3, 0.4) is 0 Å². The first-order valence-electron chi connectivity index (χ1n) is 25.0. The predicted octanol–water partition coefficient (Wildman–Crippen LogP) is 14.0. The Kier molecular flexibility index (Phi) is 43.6. The topological polar surface area (TPSA) is 172 Å². The fraction of sp³-hybridized carbons (Fsp3) is 0.820. The molecule has 0 rings (SSSR count). The zero-order valence-electron chi connectivity index (χ0n) is 39.5. The van der Waals surface area contributed by atoms with Crippen LogP contribution in [-0.4, -0.2) is 59.9 Å². The van der Waals surface area contributed by atoms with Gasteiger partial charge in [-0.3, -0.25) is 23.4 Å². The van der Waals surface area contributed by atoms with Crippen LogP contribution in [0.5, 0.6) is 0 Å². The van der Waals surface area contributed by atoms with E-state index in [4.69, 9.17) is 24.8 Å². The van der Waals surface area contributed by atoms with E-state index in [0.717, 1.165) is 64.2 Å². The van der Waals surface area contributed by atoms with Crippen LogP contribution in [0, 0.1) is 0 Å². The number of nitrogens with two attached hydrogens (primary N) is 1. The van der Waals surface area contributed by atoms with Crippen molar-refractivity contribution in [3.63, 3.8) is 0 Å². The molecule has 0 aromatic carbocycles. The minimum atomic E-state index is -4.73. The maximum Gasteiger partial charge on any atom is 0.472 e. The second-order valence-corrected chi connectivity index (χ2v) is 18.4. The molecule has 1 unspecified atom stereocenters. The monoisotopic (exact) mass is 898 g/mol. The Balaban J connectivity index is 4.26. The molecule has 0 aliphatic heterocycles. The number of carboxylic acids is 1. The van der Waals surface area contributed by atoms with Crippen molar-refractivity contribution in [2.75, 3.05) is 19.8 Å². The van der Waals surface area contributed by atoms with Gasteiger partial charge in [-0.2, -0.15) is 0 Å². The summed E-state index contributed by atoms with van der Waals surface area (Å²) in [5, 5.41) is 8.91. The maximum absolute atomic E-state index is 12.7. The molecule has 0 heterocycles. The van der Waals surface area contributed by atoms with E-state index in [2.05, 4.69) is 54.8 Å². The highest BCUT2D eigenvalue weighted by Crippen LogP contribution is 2.43. The molecule has 0 aliphatic carbocycles. The van der Waals surface area contributed by atoms with E-state index in [1.165, 1.54) is 128 Å². The fourth-order valence-corrected chi connectivity index (χ4v) is 7.73. The molecular weight excluding hydrogens is 806 g/mol. The molecule has 0 radical (unpaired) electrons. The number of hydrogen-bond donors (Lipinski definition) is 3. The molecule has 0 aliphatic rings. The van der Waals surface area contributed by atoms with E-state index in [0.29, 0.717) is 12.8 Å². The van der Waals surface area contributed by atoms with Crippen LogP contribution in [0.25, 0.3) is 0 Å². The lowest BCUT2D eigenvalue weighted by atomic mass is 10.0. The second kappa shape index (κ2) is 45.3. The lowest BCUT2D eigenvalue weighted by Gasteiger charge is -2.20. The summed E-state index contributed by atoms with van der Waals surface area (Å²) < 4.78 is 32.8. The summed E-state index contributed by atoms with van der Waals surface area (Å²) in [5.41, 5.74) is 5.35. The van der Waals surface area contributed by atoms with Gasteiger partial charge in [-0.25, -0.2) is 4.57 Å². The number of carboxylic acid groups (broad SMARTS) is 1. The van der Waals surface area contributed by atoms with Crippen molar-refractivity contribution >= 4 is 25.7 Å². The van der Waals surface area contributed by atoms with Gasteiger partial charge >= 0.3 is 25.7 Å². The summed E-state index contributed by atoms with van der Waals surface area (Å²) >= 11 is 0. The number of rotatable bonds is 47. The van der Waals surface area contributed by atoms with E-state index in [-0.39, 0.29) is 19.4 Å². The number of hydrogen-bond acceptors (Lipinski definition) is 9. The van der Waals surface area contributed by atoms with E-state index < -0.39 is 51.1 Å². The number of allylic oxidation sites excluding steroid dienone is 6. The van der Waals surface area contributed by atoms with Crippen LogP contribution >= 0.6 is 7.82 Å².